The molecule has 2 N–H and O–H groups in total. The van der Waals surface area contributed by atoms with Crippen molar-refractivity contribution in [2.24, 2.45) is 4.99 Å². The van der Waals surface area contributed by atoms with E-state index >= 15 is 0 Å². The number of nitrogens with zero attached hydrogens (tertiary/aromatic N) is 2. The Hall–Kier alpha value is -1.63. The average molecular weight is 363 g/mol. The number of ether oxygens (including phenoxy) is 2. The molecule has 0 bridgehead atoms. The first-order valence-corrected chi connectivity index (χ1v) is 9.69. The number of benzene rings is 1. The molecular formula is C20H34N4O2. The van der Waals surface area contributed by atoms with Crippen molar-refractivity contribution in [3.8, 4) is 0 Å². The molecule has 0 saturated carbocycles. The topological polar surface area (TPSA) is 58.1 Å². The number of morpholine rings is 1. The zero-order valence-electron chi connectivity index (χ0n) is 16.5. The monoisotopic (exact) mass is 362 g/mol. The Labute approximate surface area is 158 Å². The Morgan fingerprint density at radius 2 is 2.00 bits per heavy atom. The van der Waals surface area contributed by atoms with Crippen LogP contribution in [0.5, 0.6) is 0 Å². The second-order valence-corrected chi connectivity index (χ2v) is 6.76. The maximum Gasteiger partial charge on any atom is 0.191 e. The lowest BCUT2D eigenvalue weighted by Crippen LogP contribution is -2.44. The van der Waals surface area contributed by atoms with Gasteiger partial charge in [-0.2, -0.15) is 0 Å². The van der Waals surface area contributed by atoms with Crippen LogP contribution in [0.15, 0.2) is 29.3 Å². The molecular weight excluding hydrogens is 328 g/mol. The fourth-order valence-corrected chi connectivity index (χ4v) is 2.75. The molecule has 1 aliphatic rings. The molecule has 1 aliphatic heterocycles. The van der Waals surface area contributed by atoms with Crippen LogP contribution in [0.25, 0.3) is 0 Å². The average Bonchev–Trinajstić information content (AvgIpc) is 2.65. The van der Waals surface area contributed by atoms with Crippen LogP contribution in [0.4, 0.5) is 0 Å². The second-order valence-electron chi connectivity index (χ2n) is 6.76. The number of hydrogen-bond donors (Lipinski definition) is 2. The smallest absolute Gasteiger partial charge is 0.191 e. The first kappa shape index (κ1) is 20.7. The minimum Gasteiger partial charge on any atom is -0.379 e. The largest absolute Gasteiger partial charge is 0.379 e. The van der Waals surface area contributed by atoms with E-state index in [9.17, 15) is 0 Å². The van der Waals surface area contributed by atoms with Gasteiger partial charge in [0.15, 0.2) is 5.96 Å². The van der Waals surface area contributed by atoms with Gasteiger partial charge < -0.3 is 20.1 Å². The van der Waals surface area contributed by atoms with E-state index in [0.29, 0.717) is 13.2 Å². The first-order valence-electron chi connectivity index (χ1n) is 9.69. The number of nitrogens with one attached hydrogen (secondary N) is 2. The summed E-state index contributed by atoms with van der Waals surface area (Å²) in [5.41, 5.74) is 2.39. The summed E-state index contributed by atoms with van der Waals surface area (Å²) in [4.78, 5) is 7.13. The summed E-state index contributed by atoms with van der Waals surface area (Å²) >= 11 is 0. The third-order valence-corrected chi connectivity index (χ3v) is 4.16. The molecule has 1 heterocycles. The van der Waals surface area contributed by atoms with Crippen LogP contribution >= 0.6 is 0 Å². The number of aliphatic imine (C=N–C) groups is 1. The third-order valence-electron chi connectivity index (χ3n) is 4.16. The molecule has 0 radical (unpaired) electrons. The fraction of sp³-hybridized carbons (Fsp3) is 0.650. The maximum atomic E-state index is 5.68. The van der Waals surface area contributed by atoms with Crippen LogP contribution in [0.1, 0.15) is 31.9 Å². The van der Waals surface area contributed by atoms with Crippen LogP contribution < -0.4 is 10.6 Å². The van der Waals surface area contributed by atoms with E-state index in [1.807, 2.05) is 0 Å². The van der Waals surface area contributed by atoms with Gasteiger partial charge in [-0.25, -0.2) is 4.99 Å². The van der Waals surface area contributed by atoms with Gasteiger partial charge in [0.25, 0.3) is 0 Å². The van der Waals surface area contributed by atoms with E-state index in [2.05, 4.69) is 60.6 Å². The van der Waals surface area contributed by atoms with E-state index in [1.165, 1.54) is 11.1 Å². The molecule has 0 aromatic heterocycles. The van der Waals surface area contributed by atoms with E-state index < -0.39 is 0 Å². The van der Waals surface area contributed by atoms with Crippen LogP contribution in [0, 0.1) is 0 Å². The van der Waals surface area contributed by atoms with E-state index in [4.69, 9.17) is 14.5 Å². The van der Waals surface area contributed by atoms with Crippen molar-refractivity contribution in [1.29, 1.82) is 0 Å². The van der Waals surface area contributed by atoms with Gasteiger partial charge in [0.2, 0.25) is 0 Å². The molecule has 6 nitrogen and oxygen atoms in total. The van der Waals surface area contributed by atoms with Crippen molar-refractivity contribution >= 4 is 5.96 Å². The molecule has 146 valence electrons. The SMILES string of the molecule is CCNC(=NCc1cccc(COC(C)C)c1)NCCN1CCOCC1. The van der Waals surface area contributed by atoms with E-state index in [1.54, 1.807) is 0 Å². The minimum atomic E-state index is 0.243. The summed E-state index contributed by atoms with van der Waals surface area (Å²) in [6.07, 6.45) is 0.243. The molecule has 0 amide bonds. The molecule has 1 saturated heterocycles. The van der Waals surface area contributed by atoms with Gasteiger partial charge in [-0.15, -0.1) is 0 Å². The summed E-state index contributed by atoms with van der Waals surface area (Å²) in [7, 11) is 0. The number of hydrogen-bond acceptors (Lipinski definition) is 4. The molecule has 0 unspecified atom stereocenters. The zero-order valence-corrected chi connectivity index (χ0v) is 16.5. The van der Waals surface area contributed by atoms with Crippen LogP contribution in [-0.2, 0) is 22.6 Å². The second kappa shape index (κ2) is 11.9. The van der Waals surface area contributed by atoms with E-state index in [0.717, 1.165) is 51.9 Å². The normalized spacial score (nSPS) is 16.1. The molecule has 0 atom stereocenters. The Bertz CT molecular complexity index is 542. The first-order chi connectivity index (χ1) is 12.7. The molecule has 26 heavy (non-hydrogen) atoms. The highest BCUT2D eigenvalue weighted by Crippen LogP contribution is 2.09. The van der Waals surface area contributed by atoms with Crippen molar-refractivity contribution < 1.29 is 9.47 Å². The minimum absolute atomic E-state index is 0.243. The summed E-state index contributed by atoms with van der Waals surface area (Å²) in [5, 5.41) is 6.74. The maximum absolute atomic E-state index is 5.68. The molecule has 1 aromatic rings. The van der Waals surface area contributed by atoms with Crippen LogP contribution in [-0.4, -0.2) is 62.9 Å². The zero-order chi connectivity index (χ0) is 18.6. The van der Waals surface area contributed by atoms with Crippen molar-refractivity contribution in [3.63, 3.8) is 0 Å². The van der Waals surface area contributed by atoms with Crippen LogP contribution in [0.2, 0.25) is 0 Å². The fourth-order valence-electron chi connectivity index (χ4n) is 2.75. The van der Waals surface area contributed by atoms with Gasteiger partial charge >= 0.3 is 0 Å². The molecule has 0 spiro atoms. The van der Waals surface area contributed by atoms with Gasteiger partial charge in [-0.3, -0.25) is 4.90 Å². The Morgan fingerprint density at radius 1 is 1.23 bits per heavy atom. The van der Waals surface area contributed by atoms with Crippen molar-refractivity contribution in [2.45, 2.75) is 40.0 Å². The van der Waals surface area contributed by atoms with Gasteiger partial charge in [0.05, 0.1) is 32.5 Å². The third kappa shape index (κ3) is 8.17. The molecule has 2 rings (SSSR count). The molecule has 6 heteroatoms. The molecule has 1 fully saturated rings. The quantitative estimate of drug-likeness (QED) is 0.520. The predicted molar refractivity (Wildman–Crippen MR) is 106 cm³/mol. The van der Waals surface area contributed by atoms with Crippen molar-refractivity contribution in [3.05, 3.63) is 35.4 Å². The van der Waals surface area contributed by atoms with Crippen LogP contribution in [0.3, 0.4) is 0 Å². The predicted octanol–water partition coefficient (Wildman–Crippen LogP) is 2.00. The Kier molecular flexibility index (Phi) is 9.45. The number of rotatable bonds is 9. The van der Waals surface area contributed by atoms with Crippen molar-refractivity contribution in [1.82, 2.24) is 15.5 Å². The summed E-state index contributed by atoms with van der Waals surface area (Å²) in [6.45, 7) is 13.9. The Balaban J connectivity index is 1.82. The summed E-state index contributed by atoms with van der Waals surface area (Å²) in [5.74, 6) is 0.865. The lowest BCUT2D eigenvalue weighted by Gasteiger charge is -2.26. The van der Waals surface area contributed by atoms with Gasteiger partial charge in [0.1, 0.15) is 0 Å². The van der Waals surface area contributed by atoms with Gasteiger partial charge in [-0.05, 0) is 31.9 Å². The van der Waals surface area contributed by atoms with Crippen molar-refractivity contribution in [2.75, 3.05) is 45.9 Å². The lowest BCUT2D eigenvalue weighted by atomic mass is 10.1. The van der Waals surface area contributed by atoms with E-state index in [-0.39, 0.29) is 6.10 Å². The highest BCUT2D eigenvalue weighted by atomic mass is 16.5. The Morgan fingerprint density at radius 3 is 2.73 bits per heavy atom. The van der Waals surface area contributed by atoms with Gasteiger partial charge in [-0.1, -0.05) is 24.3 Å². The lowest BCUT2D eigenvalue weighted by molar-refractivity contribution is 0.0389. The molecule has 1 aromatic carbocycles. The number of guanidine groups is 1. The summed E-state index contributed by atoms with van der Waals surface area (Å²) < 4.78 is 11.1. The van der Waals surface area contributed by atoms with Gasteiger partial charge in [0, 0.05) is 32.7 Å². The standard InChI is InChI=1S/C20H34N4O2/c1-4-21-20(22-8-9-24-10-12-25-13-11-24)23-15-18-6-5-7-19(14-18)16-26-17(2)3/h5-7,14,17H,4,8-13,15-16H2,1-3H3,(H2,21,22,23). The highest BCUT2D eigenvalue weighted by Gasteiger charge is 2.09. The molecule has 0 aliphatic carbocycles. The highest BCUT2D eigenvalue weighted by molar-refractivity contribution is 5.79. The summed E-state index contributed by atoms with van der Waals surface area (Å²) in [6, 6.07) is 8.45.